The topological polar surface area (TPSA) is 0 Å². The molecular weight excluding hydrogens is 217 g/mol. The van der Waals surface area contributed by atoms with E-state index in [0.717, 1.165) is 0 Å². The molecule has 0 N–H and O–H groups in total. The van der Waals surface area contributed by atoms with Gasteiger partial charge in [0.05, 0.1) is 0 Å². The molecule has 0 aromatic rings. The number of rotatable bonds is 4. The second kappa shape index (κ2) is 9.05. The van der Waals surface area contributed by atoms with Crippen molar-refractivity contribution < 1.29 is 0 Å². The molecule has 0 amide bonds. The van der Waals surface area contributed by atoms with E-state index in [2.05, 4.69) is 42.8 Å². The first-order valence-electron chi connectivity index (χ1n) is 3.17. The molecule has 0 rings (SSSR count). The number of hydrogen-bond donors (Lipinski definition) is 0. The van der Waals surface area contributed by atoms with Crippen LogP contribution in [0.4, 0.5) is 0 Å². The summed E-state index contributed by atoms with van der Waals surface area (Å²) in [5.74, 6) is 0. The van der Waals surface area contributed by atoms with Crippen LogP contribution in [0.3, 0.4) is 0 Å². The second-order valence-electron chi connectivity index (χ2n) is 1.73. The van der Waals surface area contributed by atoms with E-state index in [1.165, 1.54) is 12.7 Å². The van der Waals surface area contributed by atoms with Crippen LogP contribution in [-0.4, -0.2) is 31.9 Å². The Morgan fingerprint density at radius 1 is 1.22 bits per heavy atom. The van der Waals surface area contributed by atoms with Crippen LogP contribution in [0, 0.1) is 0 Å². The summed E-state index contributed by atoms with van der Waals surface area (Å²) in [6.45, 7) is 10.5. The van der Waals surface area contributed by atoms with Gasteiger partial charge in [0, 0.05) is 0 Å². The van der Waals surface area contributed by atoms with Crippen molar-refractivity contribution in [2.45, 2.75) is 19.7 Å². The Morgan fingerprint density at radius 3 is 2.56 bits per heavy atom. The Labute approximate surface area is 73.9 Å². The summed E-state index contributed by atoms with van der Waals surface area (Å²) in [7, 11) is 0. The standard InChI is InChI=1S/C3H7B5I/c1-2-3-4-5-6-7-8-9/h2-3H2,1H3. The van der Waals surface area contributed by atoms with Gasteiger partial charge in [-0.1, -0.05) is 0 Å². The molecule has 0 saturated heterocycles. The van der Waals surface area contributed by atoms with Gasteiger partial charge in [0.1, 0.15) is 0 Å². The van der Waals surface area contributed by atoms with E-state index in [1.54, 1.807) is 0 Å². The fourth-order valence-electron chi connectivity index (χ4n) is 0.448. The molecule has 0 nitrogen and oxygen atoms in total. The first-order chi connectivity index (χ1) is 4.41. The normalized spacial score (nSPS) is 7.78. The molecule has 0 saturated carbocycles. The van der Waals surface area contributed by atoms with E-state index in [-0.39, 0.29) is 0 Å². The maximum absolute atomic E-state index is 2.20. The predicted molar refractivity (Wildman–Crippen MR) is 57.9 cm³/mol. The molecule has 6 heteroatoms. The molecule has 0 aromatic heterocycles. The van der Waals surface area contributed by atoms with E-state index in [1.807, 2.05) is 18.4 Å². The molecular formula is C3H7B5I. The van der Waals surface area contributed by atoms with Gasteiger partial charge in [-0.15, -0.1) is 0 Å². The van der Waals surface area contributed by atoms with Gasteiger partial charge in [-0.2, -0.15) is 0 Å². The van der Waals surface area contributed by atoms with Gasteiger partial charge in [0.2, 0.25) is 0 Å². The quantitative estimate of drug-likeness (QED) is 0.477. The molecule has 9 heavy (non-hydrogen) atoms. The third-order valence-electron chi connectivity index (χ3n) is 0.886. The zero-order valence-electron chi connectivity index (χ0n) is 5.68. The van der Waals surface area contributed by atoms with E-state index in [0.29, 0.717) is 0 Å². The monoisotopic (exact) mass is 225 g/mol. The third kappa shape index (κ3) is 9.05. The molecule has 0 aliphatic rings. The summed E-state index contributed by atoms with van der Waals surface area (Å²) in [5, 5.41) is 1.99. The van der Waals surface area contributed by atoms with Crippen LogP contribution in [0.15, 0.2) is 0 Å². The summed E-state index contributed by atoms with van der Waals surface area (Å²) in [6, 6.07) is 0. The Bertz CT molecular complexity index is 100. The number of hydrogen-bond acceptors (Lipinski definition) is 0. The van der Waals surface area contributed by atoms with E-state index < -0.39 is 0 Å². The van der Waals surface area contributed by atoms with Gasteiger partial charge in [-0.25, -0.2) is 0 Å². The zero-order chi connectivity index (χ0) is 6.95. The first-order valence-corrected chi connectivity index (χ1v) is 4.41. The van der Waals surface area contributed by atoms with Gasteiger partial charge in [-0.05, 0) is 0 Å². The van der Waals surface area contributed by atoms with Crippen molar-refractivity contribution in [1.82, 2.24) is 0 Å². The molecule has 0 unspecified atom stereocenters. The molecule has 41 valence electrons. The van der Waals surface area contributed by atoms with E-state index in [4.69, 9.17) is 0 Å². The molecule has 0 spiro atoms. The molecule has 0 bridgehead atoms. The van der Waals surface area contributed by atoms with Crippen LogP contribution < -0.4 is 0 Å². The molecule has 0 atom stereocenters. The van der Waals surface area contributed by atoms with Crippen molar-refractivity contribution in [2.75, 3.05) is 0 Å². The van der Waals surface area contributed by atoms with Crippen molar-refractivity contribution >= 4 is 54.3 Å². The van der Waals surface area contributed by atoms with Crippen LogP contribution in [0.25, 0.3) is 0 Å². The SMILES string of the molecule is CCCB=BB=B[B]I. The van der Waals surface area contributed by atoms with Gasteiger partial charge in [0.15, 0.2) is 0 Å². The Hall–Kier alpha value is 1.05. The van der Waals surface area contributed by atoms with Gasteiger partial charge in [0.25, 0.3) is 0 Å². The Balaban J connectivity index is 3.13. The predicted octanol–water partition coefficient (Wildman–Crippen LogP) is 0.346. The molecule has 0 heterocycles. The summed E-state index contributed by atoms with van der Waals surface area (Å²) in [5.41, 5.74) is 0. The summed E-state index contributed by atoms with van der Waals surface area (Å²) < 4.78 is 0. The van der Waals surface area contributed by atoms with Crippen LogP contribution >= 0.6 is 22.4 Å². The minimum absolute atomic E-state index is 1.19. The molecule has 0 aliphatic carbocycles. The van der Waals surface area contributed by atoms with Crippen molar-refractivity contribution in [3.63, 3.8) is 0 Å². The average Bonchev–Trinajstić information content (AvgIpc) is 1.89. The third-order valence-corrected chi connectivity index (χ3v) is 1.30. The van der Waals surface area contributed by atoms with Crippen LogP contribution in [0.2, 0.25) is 6.32 Å². The second-order valence-corrected chi connectivity index (χ2v) is 2.45. The molecule has 0 fully saturated rings. The van der Waals surface area contributed by atoms with Crippen LogP contribution in [0.5, 0.6) is 0 Å². The van der Waals surface area contributed by atoms with E-state index in [9.17, 15) is 0 Å². The van der Waals surface area contributed by atoms with Crippen molar-refractivity contribution in [3.05, 3.63) is 0 Å². The first kappa shape index (κ1) is 10.1. The molecule has 0 aromatic carbocycles. The zero-order valence-corrected chi connectivity index (χ0v) is 7.84. The fourth-order valence-corrected chi connectivity index (χ4v) is 0.687. The van der Waals surface area contributed by atoms with Gasteiger partial charge >= 0.3 is 73.9 Å². The summed E-state index contributed by atoms with van der Waals surface area (Å²) in [4.78, 5) is 0. The fraction of sp³-hybridized carbons (Fsp3) is 1.00. The van der Waals surface area contributed by atoms with Crippen LogP contribution in [-0.2, 0) is 0 Å². The van der Waals surface area contributed by atoms with Gasteiger partial charge < -0.3 is 0 Å². The average molecular weight is 224 g/mol. The summed E-state index contributed by atoms with van der Waals surface area (Å²) in [6.07, 6.45) is 2.42. The Morgan fingerprint density at radius 2 is 2.00 bits per heavy atom. The maximum atomic E-state index is 2.20. The van der Waals surface area contributed by atoms with Crippen molar-refractivity contribution in [1.29, 1.82) is 0 Å². The van der Waals surface area contributed by atoms with E-state index >= 15 is 0 Å². The van der Waals surface area contributed by atoms with Crippen molar-refractivity contribution in [3.8, 4) is 0 Å². The van der Waals surface area contributed by atoms with Gasteiger partial charge in [-0.3, -0.25) is 0 Å². The number of halogens is 1. The minimum atomic E-state index is 1.19. The summed E-state index contributed by atoms with van der Waals surface area (Å²) >= 11 is 2.20. The van der Waals surface area contributed by atoms with Crippen LogP contribution in [0.1, 0.15) is 13.3 Å². The van der Waals surface area contributed by atoms with Crippen molar-refractivity contribution in [2.24, 2.45) is 0 Å². The Kier molecular flexibility index (Phi) is 10.1. The molecule has 0 aliphatic heterocycles. The molecule has 1 radical (unpaired) electrons.